The lowest BCUT2D eigenvalue weighted by atomic mass is 9.83. The van der Waals surface area contributed by atoms with Crippen LogP contribution in [0.5, 0.6) is 0 Å². The fourth-order valence-corrected chi connectivity index (χ4v) is 4.65. The van der Waals surface area contributed by atoms with Crippen LogP contribution in [0.1, 0.15) is 48.9 Å². The molecule has 3 aliphatic rings. The monoisotopic (exact) mass is 436 g/mol. The van der Waals surface area contributed by atoms with Gasteiger partial charge in [-0.2, -0.15) is 0 Å². The first-order chi connectivity index (χ1) is 16.2. The summed E-state index contributed by atoms with van der Waals surface area (Å²) in [5.41, 5.74) is 9.35. The van der Waals surface area contributed by atoms with E-state index in [-0.39, 0.29) is 5.41 Å². The Balaban J connectivity index is 0.000000116. The summed E-state index contributed by atoms with van der Waals surface area (Å²) < 4.78 is 4.94. The fourth-order valence-electron chi connectivity index (χ4n) is 4.65. The van der Waals surface area contributed by atoms with Crippen LogP contribution >= 0.6 is 0 Å². The summed E-state index contributed by atoms with van der Waals surface area (Å²) in [6.07, 6.45) is 10.8. The minimum Gasteiger partial charge on any atom is -0.381 e. The molecule has 4 aromatic rings. The minimum atomic E-state index is 0.0349. The maximum absolute atomic E-state index is 4.94. The third-order valence-corrected chi connectivity index (χ3v) is 6.40. The Bertz CT molecular complexity index is 1170. The topological polar surface area (TPSA) is 60.8 Å². The SMILES string of the molecule is C1CCOC1.CC1(C)c2cccnc2-c2ncccc21.c1cnc2c(c1)Cc1cccnc1-2. The highest BCUT2D eigenvalue weighted by Crippen LogP contribution is 2.45. The highest BCUT2D eigenvalue weighted by atomic mass is 16.5. The number of hydrogen-bond donors (Lipinski definition) is 0. The standard InChI is InChI=1S/C13H12N2.C11H8N2.C4H8O/c1-13(2)9-5-3-7-14-11(9)12-10(13)6-4-8-15-12;1-3-8-7-9-4-2-6-13-11(9)10(8)12-5-1;1-2-4-5-3-1/h3-8H,1-2H3;1-6H,7H2;1-4H2. The van der Waals surface area contributed by atoms with Crippen LogP contribution in [0.3, 0.4) is 0 Å². The quantitative estimate of drug-likeness (QED) is 0.315. The van der Waals surface area contributed by atoms with Crippen molar-refractivity contribution in [3.63, 3.8) is 0 Å². The first kappa shape index (κ1) is 21.4. The third-order valence-electron chi connectivity index (χ3n) is 6.40. The van der Waals surface area contributed by atoms with Crippen LogP contribution in [-0.2, 0) is 16.6 Å². The Morgan fingerprint density at radius 3 is 1.45 bits per heavy atom. The van der Waals surface area contributed by atoms with Gasteiger partial charge in [0.1, 0.15) is 0 Å². The van der Waals surface area contributed by atoms with Crippen molar-refractivity contribution in [2.75, 3.05) is 13.2 Å². The Hall–Kier alpha value is -3.44. The zero-order valence-electron chi connectivity index (χ0n) is 19.2. The number of nitrogens with zero attached hydrogens (tertiary/aromatic N) is 4. The molecule has 7 rings (SSSR count). The molecule has 166 valence electrons. The average Bonchev–Trinajstić information content (AvgIpc) is 3.60. The van der Waals surface area contributed by atoms with Crippen molar-refractivity contribution in [3.8, 4) is 22.8 Å². The first-order valence-corrected chi connectivity index (χ1v) is 11.5. The third kappa shape index (κ3) is 4.16. The molecule has 0 amide bonds. The zero-order chi connectivity index (χ0) is 22.7. The summed E-state index contributed by atoms with van der Waals surface area (Å²) in [6.45, 7) is 6.45. The van der Waals surface area contributed by atoms with Crippen molar-refractivity contribution in [1.82, 2.24) is 19.9 Å². The maximum Gasteiger partial charge on any atom is 0.0930 e. The van der Waals surface area contributed by atoms with Crippen molar-refractivity contribution >= 4 is 0 Å². The number of fused-ring (bicyclic) bond motifs is 6. The van der Waals surface area contributed by atoms with E-state index in [9.17, 15) is 0 Å². The highest BCUT2D eigenvalue weighted by Gasteiger charge is 2.36. The number of hydrogen-bond acceptors (Lipinski definition) is 5. The van der Waals surface area contributed by atoms with Crippen LogP contribution < -0.4 is 0 Å². The van der Waals surface area contributed by atoms with E-state index in [1.807, 2.05) is 49.1 Å². The maximum atomic E-state index is 4.94. The minimum absolute atomic E-state index is 0.0349. The molecule has 2 aliphatic carbocycles. The predicted molar refractivity (Wildman–Crippen MR) is 130 cm³/mol. The highest BCUT2D eigenvalue weighted by molar-refractivity contribution is 5.74. The lowest BCUT2D eigenvalue weighted by Gasteiger charge is -2.19. The van der Waals surface area contributed by atoms with Gasteiger partial charge in [-0.25, -0.2) is 0 Å². The van der Waals surface area contributed by atoms with Gasteiger partial charge in [0.25, 0.3) is 0 Å². The van der Waals surface area contributed by atoms with Gasteiger partial charge in [0.2, 0.25) is 0 Å². The van der Waals surface area contributed by atoms with Gasteiger partial charge >= 0.3 is 0 Å². The molecule has 0 saturated carbocycles. The summed E-state index contributed by atoms with van der Waals surface area (Å²) in [5.74, 6) is 0. The molecule has 0 unspecified atom stereocenters. The van der Waals surface area contributed by atoms with E-state index in [0.29, 0.717) is 0 Å². The normalized spacial score (nSPS) is 15.7. The molecule has 1 saturated heterocycles. The molecule has 1 aliphatic heterocycles. The van der Waals surface area contributed by atoms with Gasteiger partial charge < -0.3 is 4.74 Å². The van der Waals surface area contributed by atoms with E-state index in [1.54, 1.807) is 0 Å². The van der Waals surface area contributed by atoms with Crippen LogP contribution in [-0.4, -0.2) is 33.1 Å². The zero-order valence-corrected chi connectivity index (χ0v) is 19.2. The molecule has 5 nitrogen and oxygen atoms in total. The molecule has 33 heavy (non-hydrogen) atoms. The van der Waals surface area contributed by atoms with Gasteiger partial charge in [-0.1, -0.05) is 38.1 Å². The Kier molecular flexibility index (Phi) is 5.97. The Labute approximate surface area is 195 Å². The molecule has 5 heterocycles. The van der Waals surface area contributed by atoms with Crippen LogP contribution in [0.25, 0.3) is 22.8 Å². The van der Waals surface area contributed by atoms with Gasteiger partial charge in [0.05, 0.1) is 22.8 Å². The van der Waals surface area contributed by atoms with Crippen molar-refractivity contribution < 1.29 is 4.74 Å². The number of rotatable bonds is 0. The largest absolute Gasteiger partial charge is 0.381 e. The van der Waals surface area contributed by atoms with Crippen molar-refractivity contribution in [1.29, 1.82) is 0 Å². The summed E-state index contributed by atoms with van der Waals surface area (Å²) in [5, 5.41) is 0. The van der Waals surface area contributed by atoms with Gasteiger partial charge in [-0.15, -0.1) is 0 Å². The van der Waals surface area contributed by atoms with E-state index in [4.69, 9.17) is 4.74 Å². The molecule has 0 bridgehead atoms. The lowest BCUT2D eigenvalue weighted by molar-refractivity contribution is 0.198. The fraction of sp³-hybridized carbons (Fsp3) is 0.286. The van der Waals surface area contributed by atoms with Crippen LogP contribution in [0.4, 0.5) is 0 Å². The second-order valence-corrected chi connectivity index (χ2v) is 8.94. The Morgan fingerprint density at radius 1 is 0.606 bits per heavy atom. The van der Waals surface area contributed by atoms with E-state index in [2.05, 4.69) is 58.0 Å². The van der Waals surface area contributed by atoms with Crippen molar-refractivity contribution in [2.45, 2.75) is 38.5 Å². The summed E-state index contributed by atoms with van der Waals surface area (Å²) in [7, 11) is 0. The molecule has 1 fully saturated rings. The molecular formula is C28H28N4O. The Morgan fingerprint density at radius 2 is 1.03 bits per heavy atom. The molecule has 5 heteroatoms. The number of ether oxygens (including phenoxy) is 1. The smallest absolute Gasteiger partial charge is 0.0930 e. The van der Waals surface area contributed by atoms with E-state index >= 15 is 0 Å². The second kappa shape index (κ2) is 9.20. The number of aromatic nitrogens is 4. The second-order valence-electron chi connectivity index (χ2n) is 8.94. The van der Waals surface area contributed by atoms with Gasteiger partial charge in [-0.3, -0.25) is 19.9 Å². The molecule has 0 atom stereocenters. The number of pyridine rings is 4. The molecule has 0 radical (unpaired) electrons. The molecule has 0 N–H and O–H groups in total. The molecule has 0 spiro atoms. The summed E-state index contributed by atoms with van der Waals surface area (Å²) in [4.78, 5) is 17.5. The summed E-state index contributed by atoms with van der Waals surface area (Å²) >= 11 is 0. The predicted octanol–water partition coefficient (Wildman–Crippen LogP) is 5.63. The molecular weight excluding hydrogens is 408 g/mol. The van der Waals surface area contributed by atoms with Gasteiger partial charge in [0.15, 0.2) is 0 Å². The van der Waals surface area contributed by atoms with E-state index in [1.165, 1.54) is 35.1 Å². The summed E-state index contributed by atoms with van der Waals surface area (Å²) in [6, 6.07) is 16.5. The average molecular weight is 437 g/mol. The molecule has 4 aromatic heterocycles. The van der Waals surface area contributed by atoms with Crippen LogP contribution in [0.2, 0.25) is 0 Å². The van der Waals surface area contributed by atoms with Gasteiger partial charge in [-0.05, 0) is 59.4 Å². The van der Waals surface area contributed by atoms with Gasteiger partial charge in [0, 0.05) is 49.8 Å². The van der Waals surface area contributed by atoms with Crippen LogP contribution in [0, 0.1) is 0 Å². The first-order valence-electron chi connectivity index (χ1n) is 11.5. The van der Waals surface area contributed by atoms with E-state index < -0.39 is 0 Å². The lowest BCUT2D eigenvalue weighted by Crippen LogP contribution is -2.14. The van der Waals surface area contributed by atoms with Crippen molar-refractivity contribution in [3.05, 3.63) is 95.6 Å². The molecule has 0 aromatic carbocycles. The van der Waals surface area contributed by atoms with E-state index in [0.717, 1.165) is 42.4 Å². The van der Waals surface area contributed by atoms with Crippen molar-refractivity contribution in [2.24, 2.45) is 0 Å². The van der Waals surface area contributed by atoms with Crippen LogP contribution in [0.15, 0.2) is 73.3 Å².